The molecule has 14 heavy (non-hydrogen) atoms. The predicted molar refractivity (Wildman–Crippen MR) is 61.9 cm³/mol. The van der Waals surface area contributed by atoms with Crippen LogP contribution >= 0.6 is 0 Å². The van der Waals surface area contributed by atoms with Crippen LogP contribution in [0.3, 0.4) is 0 Å². The Morgan fingerprint density at radius 1 is 1.43 bits per heavy atom. The minimum absolute atomic E-state index is 0.494. The van der Waals surface area contributed by atoms with Crippen molar-refractivity contribution in [3.05, 3.63) is 18.5 Å². The van der Waals surface area contributed by atoms with Crippen LogP contribution in [0.15, 0.2) is 18.5 Å². The number of aromatic nitrogens is 1. The molecule has 0 bridgehead atoms. The van der Waals surface area contributed by atoms with Gasteiger partial charge in [-0.05, 0) is 26.8 Å². The number of anilines is 2. The molecule has 0 atom stereocenters. The molecule has 78 valence electrons. The molecule has 0 aliphatic rings. The molecule has 3 nitrogen and oxygen atoms in total. The first-order valence-electron chi connectivity index (χ1n) is 5.07. The van der Waals surface area contributed by atoms with E-state index >= 15 is 0 Å². The highest BCUT2D eigenvalue weighted by Crippen LogP contribution is 2.17. The summed E-state index contributed by atoms with van der Waals surface area (Å²) in [6.45, 7) is 7.34. The molecule has 0 fully saturated rings. The molecule has 3 heteroatoms. The van der Waals surface area contributed by atoms with Gasteiger partial charge in [0.25, 0.3) is 0 Å². The lowest BCUT2D eigenvalue weighted by atomic mass is 10.3. The van der Waals surface area contributed by atoms with Crippen molar-refractivity contribution in [2.75, 3.05) is 23.8 Å². The number of nitrogens with zero attached hydrogens (tertiary/aromatic N) is 2. The van der Waals surface area contributed by atoms with Crippen LogP contribution in [-0.2, 0) is 0 Å². The van der Waals surface area contributed by atoms with Crippen molar-refractivity contribution in [3.8, 4) is 0 Å². The van der Waals surface area contributed by atoms with Gasteiger partial charge in [-0.15, -0.1) is 0 Å². The molecule has 1 aromatic rings. The molecule has 0 saturated heterocycles. The molecule has 1 N–H and O–H groups in total. The van der Waals surface area contributed by atoms with Crippen LogP contribution in [0.2, 0.25) is 0 Å². The van der Waals surface area contributed by atoms with Crippen molar-refractivity contribution in [1.29, 1.82) is 0 Å². The van der Waals surface area contributed by atoms with E-state index in [-0.39, 0.29) is 0 Å². The average Bonchev–Trinajstić information content (AvgIpc) is 2.17. The van der Waals surface area contributed by atoms with Crippen LogP contribution in [0.5, 0.6) is 0 Å². The SMILES string of the molecule is CCNc1cncc(N(C)C(C)C)c1. The van der Waals surface area contributed by atoms with Gasteiger partial charge in [-0.2, -0.15) is 0 Å². The molecule has 0 amide bonds. The minimum atomic E-state index is 0.494. The topological polar surface area (TPSA) is 28.2 Å². The quantitative estimate of drug-likeness (QED) is 0.795. The maximum absolute atomic E-state index is 4.20. The van der Waals surface area contributed by atoms with Crippen molar-refractivity contribution in [3.63, 3.8) is 0 Å². The Kier molecular flexibility index (Phi) is 3.74. The van der Waals surface area contributed by atoms with E-state index in [4.69, 9.17) is 0 Å². The summed E-state index contributed by atoms with van der Waals surface area (Å²) < 4.78 is 0. The van der Waals surface area contributed by atoms with Gasteiger partial charge >= 0.3 is 0 Å². The predicted octanol–water partition coefficient (Wildman–Crippen LogP) is 2.36. The maximum atomic E-state index is 4.20. The number of rotatable bonds is 4. The summed E-state index contributed by atoms with van der Waals surface area (Å²) in [6.07, 6.45) is 3.74. The zero-order chi connectivity index (χ0) is 10.6. The lowest BCUT2D eigenvalue weighted by molar-refractivity contribution is 0.753. The van der Waals surface area contributed by atoms with E-state index < -0.39 is 0 Å². The highest BCUT2D eigenvalue weighted by molar-refractivity contribution is 5.55. The number of pyridine rings is 1. The summed E-state index contributed by atoms with van der Waals surface area (Å²) in [5.74, 6) is 0. The fourth-order valence-corrected chi connectivity index (χ4v) is 1.22. The van der Waals surface area contributed by atoms with Crippen LogP contribution < -0.4 is 10.2 Å². The van der Waals surface area contributed by atoms with Crippen LogP contribution in [0.1, 0.15) is 20.8 Å². The van der Waals surface area contributed by atoms with Gasteiger partial charge in [-0.3, -0.25) is 4.98 Å². The molecular weight excluding hydrogens is 174 g/mol. The van der Waals surface area contributed by atoms with Crippen molar-refractivity contribution in [1.82, 2.24) is 4.98 Å². The monoisotopic (exact) mass is 193 g/mol. The fourth-order valence-electron chi connectivity index (χ4n) is 1.22. The number of hydrogen-bond acceptors (Lipinski definition) is 3. The Hall–Kier alpha value is -1.25. The first-order valence-corrected chi connectivity index (χ1v) is 5.07. The van der Waals surface area contributed by atoms with Gasteiger partial charge in [0.15, 0.2) is 0 Å². The molecule has 0 radical (unpaired) electrons. The Morgan fingerprint density at radius 3 is 2.71 bits per heavy atom. The first-order chi connectivity index (χ1) is 6.65. The third-order valence-electron chi connectivity index (χ3n) is 2.29. The average molecular weight is 193 g/mol. The van der Waals surface area contributed by atoms with Gasteiger partial charge in [0.1, 0.15) is 0 Å². The van der Waals surface area contributed by atoms with Gasteiger partial charge in [0, 0.05) is 19.6 Å². The summed E-state index contributed by atoms with van der Waals surface area (Å²) in [5, 5.41) is 3.25. The molecule has 0 spiro atoms. The molecule has 0 aromatic carbocycles. The van der Waals surface area contributed by atoms with Gasteiger partial charge in [0.05, 0.1) is 23.8 Å². The van der Waals surface area contributed by atoms with Crippen LogP contribution in [0.25, 0.3) is 0 Å². The molecule has 1 heterocycles. The van der Waals surface area contributed by atoms with Gasteiger partial charge in [-0.1, -0.05) is 0 Å². The highest BCUT2D eigenvalue weighted by Gasteiger charge is 2.05. The molecule has 0 aliphatic heterocycles. The van der Waals surface area contributed by atoms with E-state index in [1.807, 2.05) is 12.4 Å². The highest BCUT2D eigenvalue weighted by atomic mass is 15.1. The molecule has 0 unspecified atom stereocenters. The van der Waals surface area contributed by atoms with Crippen LogP contribution in [0.4, 0.5) is 11.4 Å². The maximum Gasteiger partial charge on any atom is 0.0573 e. The Bertz CT molecular complexity index is 284. The summed E-state index contributed by atoms with van der Waals surface area (Å²) in [5.41, 5.74) is 2.23. The third kappa shape index (κ3) is 2.62. The summed E-state index contributed by atoms with van der Waals surface area (Å²) in [7, 11) is 2.08. The largest absolute Gasteiger partial charge is 0.384 e. The Balaban J connectivity index is 2.82. The van der Waals surface area contributed by atoms with Crippen LogP contribution in [-0.4, -0.2) is 24.6 Å². The standard InChI is InChI=1S/C11H19N3/c1-5-13-10-6-11(8-12-7-10)14(4)9(2)3/h6-9,13H,5H2,1-4H3. The second-order valence-electron chi connectivity index (χ2n) is 3.67. The zero-order valence-corrected chi connectivity index (χ0v) is 9.41. The summed E-state index contributed by atoms with van der Waals surface area (Å²) in [4.78, 5) is 6.40. The fraction of sp³-hybridized carbons (Fsp3) is 0.545. The van der Waals surface area contributed by atoms with E-state index in [9.17, 15) is 0 Å². The van der Waals surface area contributed by atoms with Gasteiger partial charge in [-0.25, -0.2) is 0 Å². The van der Waals surface area contributed by atoms with Crippen molar-refractivity contribution in [2.24, 2.45) is 0 Å². The lowest BCUT2D eigenvalue weighted by Gasteiger charge is -2.23. The smallest absolute Gasteiger partial charge is 0.0573 e. The van der Waals surface area contributed by atoms with Crippen molar-refractivity contribution >= 4 is 11.4 Å². The molecule has 1 rings (SSSR count). The second kappa shape index (κ2) is 4.84. The van der Waals surface area contributed by atoms with E-state index in [2.05, 4.69) is 49.1 Å². The number of hydrogen-bond donors (Lipinski definition) is 1. The minimum Gasteiger partial charge on any atom is -0.384 e. The van der Waals surface area contributed by atoms with E-state index in [1.54, 1.807) is 0 Å². The third-order valence-corrected chi connectivity index (χ3v) is 2.29. The van der Waals surface area contributed by atoms with E-state index in [0.717, 1.165) is 17.9 Å². The summed E-state index contributed by atoms with van der Waals surface area (Å²) in [6, 6.07) is 2.62. The van der Waals surface area contributed by atoms with Gasteiger partial charge < -0.3 is 10.2 Å². The Morgan fingerprint density at radius 2 is 2.14 bits per heavy atom. The lowest BCUT2D eigenvalue weighted by Crippen LogP contribution is -2.25. The first kappa shape index (κ1) is 10.8. The number of nitrogens with one attached hydrogen (secondary N) is 1. The molecular formula is C11H19N3. The zero-order valence-electron chi connectivity index (χ0n) is 9.41. The normalized spacial score (nSPS) is 10.4. The Labute approximate surface area is 86.2 Å². The summed E-state index contributed by atoms with van der Waals surface area (Å²) >= 11 is 0. The van der Waals surface area contributed by atoms with Crippen molar-refractivity contribution < 1.29 is 0 Å². The molecule has 0 saturated carbocycles. The van der Waals surface area contributed by atoms with Gasteiger partial charge in [0.2, 0.25) is 0 Å². The van der Waals surface area contributed by atoms with E-state index in [1.165, 1.54) is 0 Å². The second-order valence-corrected chi connectivity index (χ2v) is 3.67. The van der Waals surface area contributed by atoms with E-state index in [0.29, 0.717) is 6.04 Å². The van der Waals surface area contributed by atoms with Crippen molar-refractivity contribution in [2.45, 2.75) is 26.8 Å². The molecule has 0 aliphatic carbocycles. The molecule has 1 aromatic heterocycles. The van der Waals surface area contributed by atoms with Crippen LogP contribution in [0, 0.1) is 0 Å².